The molecule has 0 aromatic heterocycles. The van der Waals surface area contributed by atoms with E-state index in [2.05, 4.69) is 6.58 Å². The fraction of sp³-hybridized carbons (Fsp3) is 0.333. The molecule has 16 heavy (non-hydrogen) atoms. The van der Waals surface area contributed by atoms with Gasteiger partial charge in [0.25, 0.3) is 0 Å². The number of para-hydroxylation sites is 2. The van der Waals surface area contributed by atoms with Crippen LogP contribution >= 0.6 is 11.6 Å². The first-order chi connectivity index (χ1) is 7.77. The quantitative estimate of drug-likeness (QED) is 0.589. The van der Waals surface area contributed by atoms with Crippen LogP contribution in [0.5, 0.6) is 11.5 Å². The molecule has 0 amide bonds. The molecule has 88 valence electrons. The van der Waals surface area contributed by atoms with Gasteiger partial charge in [0.1, 0.15) is 19.3 Å². The molecule has 0 fully saturated rings. The van der Waals surface area contributed by atoms with Gasteiger partial charge in [0, 0.05) is 0 Å². The van der Waals surface area contributed by atoms with E-state index < -0.39 is 6.10 Å². The Morgan fingerprint density at radius 1 is 1.31 bits per heavy atom. The van der Waals surface area contributed by atoms with Crippen LogP contribution in [0.4, 0.5) is 0 Å². The van der Waals surface area contributed by atoms with E-state index in [0.717, 1.165) is 0 Å². The van der Waals surface area contributed by atoms with Crippen molar-refractivity contribution in [2.75, 3.05) is 19.1 Å². The van der Waals surface area contributed by atoms with E-state index in [1.165, 1.54) is 0 Å². The molecule has 0 radical (unpaired) electrons. The molecule has 0 unspecified atom stereocenters. The van der Waals surface area contributed by atoms with Gasteiger partial charge in [0.2, 0.25) is 0 Å². The summed E-state index contributed by atoms with van der Waals surface area (Å²) in [5, 5.41) is 9.27. The monoisotopic (exact) mass is 242 g/mol. The summed E-state index contributed by atoms with van der Waals surface area (Å²) in [4.78, 5) is 0. The lowest BCUT2D eigenvalue weighted by molar-refractivity contribution is 0.123. The van der Waals surface area contributed by atoms with Gasteiger partial charge in [-0.1, -0.05) is 24.8 Å². The van der Waals surface area contributed by atoms with E-state index in [1.54, 1.807) is 18.2 Å². The second-order valence-corrected chi connectivity index (χ2v) is 3.47. The highest BCUT2D eigenvalue weighted by molar-refractivity contribution is 6.18. The van der Waals surface area contributed by atoms with Crippen molar-refractivity contribution in [1.82, 2.24) is 0 Å². The van der Waals surface area contributed by atoms with Gasteiger partial charge in [0.05, 0.1) is 5.88 Å². The van der Waals surface area contributed by atoms with Gasteiger partial charge in [-0.15, -0.1) is 11.6 Å². The maximum absolute atomic E-state index is 9.27. The van der Waals surface area contributed by atoms with Crippen LogP contribution < -0.4 is 9.47 Å². The molecule has 0 heterocycles. The van der Waals surface area contributed by atoms with Gasteiger partial charge >= 0.3 is 0 Å². The van der Waals surface area contributed by atoms with E-state index >= 15 is 0 Å². The summed E-state index contributed by atoms with van der Waals surface area (Å²) in [7, 11) is 0. The van der Waals surface area contributed by atoms with E-state index in [0.29, 0.717) is 18.1 Å². The van der Waals surface area contributed by atoms with Crippen LogP contribution in [0.1, 0.15) is 0 Å². The van der Waals surface area contributed by atoms with E-state index in [9.17, 15) is 5.11 Å². The third-order valence-electron chi connectivity index (χ3n) is 1.82. The minimum absolute atomic E-state index is 0.148. The molecule has 0 aliphatic carbocycles. The van der Waals surface area contributed by atoms with Crippen LogP contribution in [0.25, 0.3) is 0 Å². The van der Waals surface area contributed by atoms with Crippen molar-refractivity contribution in [1.29, 1.82) is 0 Å². The van der Waals surface area contributed by atoms with E-state index in [-0.39, 0.29) is 12.5 Å². The minimum Gasteiger partial charge on any atom is -0.487 e. The number of alkyl halides is 1. The SMILES string of the molecule is C=CCOc1ccccc1OC[C@@H](O)CCl. The molecule has 1 aromatic rings. The van der Waals surface area contributed by atoms with Crippen LogP contribution in [-0.4, -0.2) is 30.3 Å². The van der Waals surface area contributed by atoms with Crippen LogP contribution in [0, 0.1) is 0 Å². The smallest absolute Gasteiger partial charge is 0.161 e. The summed E-state index contributed by atoms with van der Waals surface area (Å²) in [5.41, 5.74) is 0. The van der Waals surface area contributed by atoms with Gasteiger partial charge < -0.3 is 14.6 Å². The Kier molecular flexibility index (Phi) is 5.75. The molecular formula is C12H15ClO3. The van der Waals surface area contributed by atoms with E-state index in [4.69, 9.17) is 21.1 Å². The number of halogens is 1. The first kappa shape index (κ1) is 12.9. The molecule has 0 aliphatic heterocycles. The summed E-state index contributed by atoms with van der Waals surface area (Å²) < 4.78 is 10.8. The molecular weight excluding hydrogens is 228 g/mol. The Morgan fingerprint density at radius 3 is 2.50 bits per heavy atom. The largest absolute Gasteiger partial charge is 0.487 e. The van der Waals surface area contributed by atoms with Crippen LogP contribution in [0.15, 0.2) is 36.9 Å². The van der Waals surface area contributed by atoms with Crippen LogP contribution in [-0.2, 0) is 0 Å². The highest BCUT2D eigenvalue weighted by atomic mass is 35.5. The Bertz CT molecular complexity index is 328. The number of aliphatic hydroxyl groups excluding tert-OH is 1. The lowest BCUT2D eigenvalue weighted by atomic mass is 10.3. The molecule has 1 rings (SSSR count). The maximum atomic E-state index is 9.27. The minimum atomic E-state index is -0.672. The first-order valence-corrected chi connectivity index (χ1v) is 5.51. The zero-order valence-electron chi connectivity index (χ0n) is 8.93. The zero-order valence-corrected chi connectivity index (χ0v) is 9.69. The number of aliphatic hydroxyl groups is 1. The fourth-order valence-corrected chi connectivity index (χ4v) is 1.16. The highest BCUT2D eigenvalue weighted by Gasteiger charge is 2.07. The Morgan fingerprint density at radius 2 is 1.94 bits per heavy atom. The van der Waals surface area contributed by atoms with Crippen molar-refractivity contribution >= 4 is 11.6 Å². The Hall–Kier alpha value is -1.19. The van der Waals surface area contributed by atoms with Crippen molar-refractivity contribution in [3.05, 3.63) is 36.9 Å². The summed E-state index contributed by atoms with van der Waals surface area (Å²) in [6.07, 6.45) is 0.985. The summed E-state index contributed by atoms with van der Waals surface area (Å²) in [6, 6.07) is 7.26. The number of benzene rings is 1. The molecule has 0 bridgehead atoms. The third kappa shape index (κ3) is 4.13. The predicted octanol–water partition coefficient (Wildman–Crippen LogP) is 2.23. The van der Waals surface area contributed by atoms with Gasteiger partial charge in [0.15, 0.2) is 11.5 Å². The number of hydrogen-bond acceptors (Lipinski definition) is 3. The lowest BCUT2D eigenvalue weighted by Crippen LogP contribution is -2.19. The molecule has 0 aliphatic rings. The topological polar surface area (TPSA) is 38.7 Å². The number of ether oxygens (including phenoxy) is 2. The second kappa shape index (κ2) is 7.14. The highest BCUT2D eigenvalue weighted by Crippen LogP contribution is 2.26. The molecule has 1 aromatic carbocycles. The van der Waals surface area contributed by atoms with Crippen molar-refractivity contribution < 1.29 is 14.6 Å². The van der Waals surface area contributed by atoms with Crippen molar-refractivity contribution in [2.24, 2.45) is 0 Å². The fourth-order valence-electron chi connectivity index (χ4n) is 1.07. The van der Waals surface area contributed by atoms with Gasteiger partial charge in [-0.25, -0.2) is 0 Å². The first-order valence-electron chi connectivity index (χ1n) is 4.97. The molecule has 1 atom stereocenters. The zero-order chi connectivity index (χ0) is 11.8. The average molecular weight is 243 g/mol. The Labute approximate surface area is 100 Å². The van der Waals surface area contributed by atoms with Gasteiger partial charge in [-0.05, 0) is 12.1 Å². The molecule has 4 heteroatoms. The number of hydrogen-bond donors (Lipinski definition) is 1. The van der Waals surface area contributed by atoms with Crippen LogP contribution in [0.3, 0.4) is 0 Å². The lowest BCUT2D eigenvalue weighted by Gasteiger charge is -2.13. The van der Waals surface area contributed by atoms with Crippen LogP contribution in [0.2, 0.25) is 0 Å². The summed E-state index contributed by atoms with van der Waals surface area (Å²) in [6.45, 7) is 4.14. The summed E-state index contributed by atoms with van der Waals surface area (Å²) >= 11 is 5.47. The van der Waals surface area contributed by atoms with E-state index in [1.807, 2.05) is 12.1 Å². The molecule has 3 nitrogen and oxygen atoms in total. The molecule has 1 N–H and O–H groups in total. The Balaban J connectivity index is 2.59. The second-order valence-electron chi connectivity index (χ2n) is 3.17. The van der Waals surface area contributed by atoms with Crippen molar-refractivity contribution in [3.63, 3.8) is 0 Å². The third-order valence-corrected chi connectivity index (χ3v) is 2.17. The normalized spacial score (nSPS) is 11.9. The van der Waals surface area contributed by atoms with Crippen molar-refractivity contribution in [3.8, 4) is 11.5 Å². The van der Waals surface area contributed by atoms with Crippen molar-refractivity contribution in [2.45, 2.75) is 6.10 Å². The average Bonchev–Trinajstić information content (AvgIpc) is 2.34. The molecule has 0 saturated heterocycles. The molecule has 0 spiro atoms. The number of rotatable bonds is 7. The van der Waals surface area contributed by atoms with Gasteiger partial charge in [-0.2, -0.15) is 0 Å². The predicted molar refractivity (Wildman–Crippen MR) is 64.4 cm³/mol. The van der Waals surface area contributed by atoms with Gasteiger partial charge in [-0.3, -0.25) is 0 Å². The molecule has 0 saturated carbocycles. The standard InChI is InChI=1S/C12H15ClO3/c1-2-7-15-11-5-3-4-6-12(11)16-9-10(14)8-13/h2-6,10,14H,1,7-9H2/t10-/m0/s1. The maximum Gasteiger partial charge on any atom is 0.161 e. The summed E-state index contributed by atoms with van der Waals surface area (Å²) in [5.74, 6) is 1.37.